The Balaban J connectivity index is 1.30. The zero-order valence-corrected chi connectivity index (χ0v) is 15.1. The van der Waals surface area contributed by atoms with Crippen LogP contribution in [0.1, 0.15) is 25.3 Å². The van der Waals surface area contributed by atoms with Crippen molar-refractivity contribution in [1.82, 2.24) is 14.7 Å². The lowest BCUT2D eigenvalue weighted by Crippen LogP contribution is -2.49. The number of likely N-dealkylation sites (tertiary alicyclic amines) is 1. The Kier molecular flexibility index (Phi) is 6.64. The average molecular weight is 333 g/mol. The number of piperidine rings is 1. The Morgan fingerprint density at radius 1 is 0.792 bits per heavy atom. The molecule has 2 saturated heterocycles. The minimum atomic E-state index is -0.143. The lowest BCUT2D eigenvalue weighted by Gasteiger charge is -2.37. The molecule has 2 heterocycles. The van der Waals surface area contributed by atoms with Crippen LogP contribution in [-0.2, 0) is 6.42 Å². The first-order valence-corrected chi connectivity index (χ1v) is 9.60. The van der Waals surface area contributed by atoms with Gasteiger partial charge >= 0.3 is 0 Å². The van der Waals surface area contributed by atoms with Crippen molar-refractivity contribution in [2.45, 2.75) is 26.2 Å². The highest BCUT2D eigenvalue weighted by atomic mass is 19.1. The summed E-state index contributed by atoms with van der Waals surface area (Å²) in [7, 11) is 0. The molecule has 2 fully saturated rings. The average Bonchev–Trinajstić information content (AvgIpc) is 2.62. The molecule has 0 amide bonds. The highest BCUT2D eigenvalue weighted by Crippen LogP contribution is 2.15. The molecule has 24 heavy (non-hydrogen) atoms. The molecular formula is C20H32FN3. The van der Waals surface area contributed by atoms with Gasteiger partial charge in [-0.2, -0.15) is 0 Å². The fraction of sp³-hybridized carbons (Fsp3) is 0.700. The first-order valence-electron chi connectivity index (χ1n) is 9.60. The van der Waals surface area contributed by atoms with Crippen LogP contribution in [0.15, 0.2) is 24.3 Å². The molecule has 1 aromatic carbocycles. The van der Waals surface area contributed by atoms with Crippen LogP contribution in [0.4, 0.5) is 4.39 Å². The molecule has 3 nitrogen and oxygen atoms in total. The van der Waals surface area contributed by atoms with Gasteiger partial charge in [-0.15, -0.1) is 0 Å². The van der Waals surface area contributed by atoms with Gasteiger partial charge in [0.05, 0.1) is 0 Å². The third-order valence-corrected chi connectivity index (χ3v) is 5.70. The molecule has 0 N–H and O–H groups in total. The summed E-state index contributed by atoms with van der Waals surface area (Å²) in [5, 5.41) is 0. The van der Waals surface area contributed by atoms with Gasteiger partial charge in [0, 0.05) is 45.8 Å². The second-order valence-electron chi connectivity index (χ2n) is 7.58. The third kappa shape index (κ3) is 5.54. The Morgan fingerprint density at radius 3 is 1.88 bits per heavy atom. The highest BCUT2D eigenvalue weighted by Gasteiger charge is 2.19. The maximum atomic E-state index is 12.9. The Hall–Kier alpha value is -0.970. The van der Waals surface area contributed by atoms with Crippen LogP contribution >= 0.6 is 0 Å². The van der Waals surface area contributed by atoms with E-state index in [0.29, 0.717) is 0 Å². The molecule has 0 unspecified atom stereocenters. The van der Waals surface area contributed by atoms with Crippen molar-refractivity contribution in [3.63, 3.8) is 0 Å². The van der Waals surface area contributed by atoms with Gasteiger partial charge < -0.3 is 9.80 Å². The molecule has 134 valence electrons. The zero-order valence-electron chi connectivity index (χ0n) is 15.1. The monoisotopic (exact) mass is 333 g/mol. The molecule has 3 rings (SSSR count). The Labute approximate surface area is 146 Å². The van der Waals surface area contributed by atoms with Crippen LogP contribution in [-0.4, -0.2) is 73.6 Å². The van der Waals surface area contributed by atoms with E-state index in [9.17, 15) is 4.39 Å². The molecule has 2 aliphatic heterocycles. The highest BCUT2D eigenvalue weighted by molar-refractivity contribution is 5.16. The van der Waals surface area contributed by atoms with Crippen molar-refractivity contribution >= 4 is 0 Å². The standard InChI is InChI=1S/C20H32FN3/c1-18-6-9-22(10-7-18)12-15-24-16-13-23(14-17-24)11-8-19-2-4-20(21)5-3-19/h2-5,18H,6-17H2,1H3. The number of hydrogen-bond acceptors (Lipinski definition) is 3. The maximum Gasteiger partial charge on any atom is 0.123 e. The van der Waals surface area contributed by atoms with Crippen molar-refractivity contribution in [3.8, 4) is 0 Å². The smallest absolute Gasteiger partial charge is 0.123 e. The van der Waals surface area contributed by atoms with Crippen LogP contribution in [0, 0.1) is 11.7 Å². The normalized spacial score (nSPS) is 22.1. The van der Waals surface area contributed by atoms with Crippen molar-refractivity contribution in [1.29, 1.82) is 0 Å². The van der Waals surface area contributed by atoms with E-state index in [1.165, 1.54) is 57.7 Å². The minimum absolute atomic E-state index is 0.143. The van der Waals surface area contributed by atoms with E-state index in [2.05, 4.69) is 21.6 Å². The molecule has 0 spiro atoms. The van der Waals surface area contributed by atoms with Gasteiger partial charge in [-0.3, -0.25) is 4.90 Å². The topological polar surface area (TPSA) is 9.72 Å². The molecule has 0 bridgehead atoms. The third-order valence-electron chi connectivity index (χ3n) is 5.70. The van der Waals surface area contributed by atoms with E-state index < -0.39 is 0 Å². The minimum Gasteiger partial charge on any atom is -0.302 e. The molecule has 1 aromatic rings. The first kappa shape index (κ1) is 17.8. The van der Waals surface area contributed by atoms with E-state index in [4.69, 9.17) is 0 Å². The van der Waals surface area contributed by atoms with E-state index in [1.54, 1.807) is 12.1 Å². The summed E-state index contributed by atoms with van der Waals surface area (Å²) in [6.45, 7) is 13.2. The summed E-state index contributed by atoms with van der Waals surface area (Å²) in [6, 6.07) is 6.94. The molecule has 0 aromatic heterocycles. The van der Waals surface area contributed by atoms with Gasteiger partial charge in [0.25, 0.3) is 0 Å². The van der Waals surface area contributed by atoms with Crippen LogP contribution in [0.25, 0.3) is 0 Å². The predicted molar refractivity (Wildman–Crippen MR) is 97.8 cm³/mol. The van der Waals surface area contributed by atoms with Crippen molar-refractivity contribution < 1.29 is 4.39 Å². The quantitative estimate of drug-likeness (QED) is 0.792. The van der Waals surface area contributed by atoms with Crippen LogP contribution < -0.4 is 0 Å². The number of piperazine rings is 1. The maximum absolute atomic E-state index is 12.9. The van der Waals surface area contributed by atoms with E-state index >= 15 is 0 Å². The molecule has 2 aliphatic rings. The fourth-order valence-electron chi connectivity index (χ4n) is 3.74. The van der Waals surface area contributed by atoms with Gasteiger partial charge in [-0.1, -0.05) is 19.1 Å². The van der Waals surface area contributed by atoms with E-state index in [-0.39, 0.29) is 5.82 Å². The number of rotatable bonds is 6. The SMILES string of the molecule is CC1CCN(CCN2CCN(CCc3ccc(F)cc3)CC2)CC1. The van der Waals surface area contributed by atoms with Gasteiger partial charge in [0.2, 0.25) is 0 Å². The summed E-state index contributed by atoms with van der Waals surface area (Å²) in [5.74, 6) is 0.779. The summed E-state index contributed by atoms with van der Waals surface area (Å²) in [5.41, 5.74) is 1.23. The lowest BCUT2D eigenvalue weighted by molar-refractivity contribution is 0.110. The molecule has 0 atom stereocenters. The summed E-state index contributed by atoms with van der Waals surface area (Å²) in [6.07, 6.45) is 3.76. The van der Waals surface area contributed by atoms with Crippen LogP contribution in [0.3, 0.4) is 0 Å². The zero-order chi connectivity index (χ0) is 16.8. The molecule has 0 aliphatic carbocycles. The summed E-state index contributed by atoms with van der Waals surface area (Å²) >= 11 is 0. The predicted octanol–water partition coefficient (Wildman–Crippen LogP) is 2.72. The van der Waals surface area contributed by atoms with E-state index in [0.717, 1.165) is 32.0 Å². The molecule has 4 heteroatoms. The van der Waals surface area contributed by atoms with Crippen molar-refractivity contribution in [3.05, 3.63) is 35.6 Å². The van der Waals surface area contributed by atoms with Gasteiger partial charge in [0.15, 0.2) is 0 Å². The second-order valence-corrected chi connectivity index (χ2v) is 7.58. The van der Waals surface area contributed by atoms with Crippen LogP contribution in [0.5, 0.6) is 0 Å². The molecular weight excluding hydrogens is 301 g/mol. The Bertz CT molecular complexity index is 474. The van der Waals surface area contributed by atoms with Crippen LogP contribution in [0.2, 0.25) is 0 Å². The summed E-state index contributed by atoms with van der Waals surface area (Å²) in [4.78, 5) is 7.80. The van der Waals surface area contributed by atoms with E-state index in [1.807, 2.05) is 12.1 Å². The molecule has 0 saturated carbocycles. The number of benzene rings is 1. The fourth-order valence-corrected chi connectivity index (χ4v) is 3.74. The number of halogens is 1. The van der Waals surface area contributed by atoms with Crippen molar-refractivity contribution in [2.24, 2.45) is 5.92 Å². The van der Waals surface area contributed by atoms with Crippen molar-refractivity contribution in [2.75, 3.05) is 58.9 Å². The van der Waals surface area contributed by atoms with Gasteiger partial charge in [-0.25, -0.2) is 4.39 Å². The number of nitrogens with zero attached hydrogens (tertiary/aromatic N) is 3. The largest absolute Gasteiger partial charge is 0.302 e. The second kappa shape index (κ2) is 8.93. The molecule has 0 radical (unpaired) electrons. The number of hydrogen-bond donors (Lipinski definition) is 0. The summed E-state index contributed by atoms with van der Waals surface area (Å²) < 4.78 is 12.9. The lowest BCUT2D eigenvalue weighted by atomic mass is 9.99. The first-order chi connectivity index (χ1) is 11.7. The Morgan fingerprint density at radius 2 is 1.29 bits per heavy atom. The van der Waals surface area contributed by atoms with Gasteiger partial charge in [0.1, 0.15) is 5.82 Å². The van der Waals surface area contributed by atoms with Gasteiger partial charge in [-0.05, 0) is 56.0 Å².